The average Bonchev–Trinajstić information content (AvgIpc) is 3.88. The molecule has 0 spiro atoms. The van der Waals surface area contributed by atoms with E-state index in [0.29, 0.717) is 29.2 Å². The van der Waals surface area contributed by atoms with Crippen LogP contribution in [-0.4, -0.2) is 54.8 Å². The SMILES string of the molecule is CC(C)(C)[Si](OCC1=C([C@H](O)CC/C(=C/c2ccc(CO)o2)c2ccccc2)[C@H](CO)[C@@H]2C(=O)N(c3ccc(Nc4ccccc4)cc3)C(=O)[C@@H]2C1)(c1ccccc1)c1ccccc1. The molecule has 1 aliphatic carbocycles. The quantitative estimate of drug-likeness (QED) is 0.0431. The van der Waals surface area contributed by atoms with Crippen molar-refractivity contribution in [3.8, 4) is 0 Å². The fourth-order valence-electron chi connectivity index (χ4n) is 9.81. The predicted octanol–water partition coefficient (Wildman–Crippen LogP) is 8.89. The van der Waals surface area contributed by atoms with Gasteiger partial charge in [-0.2, -0.15) is 0 Å². The second-order valence-corrected chi connectivity index (χ2v) is 22.0. The number of furan rings is 1. The van der Waals surface area contributed by atoms with Crippen LogP contribution in [0.25, 0.3) is 11.6 Å². The molecule has 0 saturated carbocycles. The second-order valence-electron chi connectivity index (χ2n) is 17.7. The van der Waals surface area contributed by atoms with Crippen molar-refractivity contribution >= 4 is 59.2 Å². The van der Waals surface area contributed by atoms with E-state index in [4.69, 9.17) is 8.84 Å². The van der Waals surface area contributed by atoms with Crippen molar-refractivity contribution in [2.45, 2.75) is 57.8 Å². The van der Waals surface area contributed by atoms with E-state index in [-0.39, 0.29) is 37.0 Å². The predicted molar refractivity (Wildman–Crippen MR) is 256 cm³/mol. The number of carbonyl (C=O) groups excluding carboxylic acids is 2. The molecule has 1 saturated heterocycles. The number of anilines is 3. The number of aliphatic hydroxyl groups excluding tert-OH is 3. The summed E-state index contributed by atoms with van der Waals surface area (Å²) in [7, 11) is -3.10. The summed E-state index contributed by atoms with van der Waals surface area (Å²) < 4.78 is 13.3. The summed E-state index contributed by atoms with van der Waals surface area (Å²) in [5, 5.41) is 38.8. The molecule has 0 bridgehead atoms. The number of carbonyl (C=O) groups is 2. The smallest absolute Gasteiger partial charge is 0.261 e. The van der Waals surface area contributed by atoms with Gasteiger partial charge in [0.05, 0.1) is 36.8 Å². The van der Waals surface area contributed by atoms with E-state index < -0.39 is 44.7 Å². The molecule has 2 heterocycles. The highest BCUT2D eigenvalue weighted by atomic mass is 28.4. The highest BCUT2D eigenvalue weighted by molar-refractivity contribution is 6.99. The fourth-order valence-corrected chi connectivity index (χ4v) is 14.4. The molecular weight excluding hydrogens is 817 g/mol. The number of amides is 2. The standard InChI is InChI=1S/C54H56N2O7Si/c1-54(2,3)64(45-20-12-6-13-21-45,46-22-14-7-15-23-46)62-36-39-33-47-51(53(61)56(52(47)60)42-27-25-41(26-28-42)55-40-18-10-5-11-19-40)48(35-58)50(39)49(59)31-24-38(37-16-8-4-9-17-37)32-43-29-30-44(34-57)63-43/h4-23,25-30,32,47-49,51,55,57-59H,24,31,33-36H2,1-3H3/b38-32-/t47-,48+,49-,51-/m1/s1. The molecular formula is C54H56N2O7Si. The fraction of sp³-hybridized carbons (Fsp3) is 0.259. The van der Waals surface area contributed by atoms with Crippen LogP contribution >= 0.6 is 0 Å². The van der Waals surface area contributed by atoms with Crippen LogP contribution < -0.4 is 20.6 Å². The van der Waals surface area contributed by atoms with Crippen LogP contribution in [0.2, 0.25) is 5.04 Å². The molecule has 6 aromatic rings. The first kappa shape index (κ1) is 44.5. The minimum atomic E-state index is -3.10. The number of hydrogen-bond donors (Lipinski definition) is 4. The number of fused-ring (bicyclic) bond motifs is 1. The van der Waals surface area contributed by atoms with E-state index in [2.05, 4.69) is 50.4 Å². The Morgan fingerprint density at radius 2 is 1.36 bits per heavy atom. The first-order chi connectivity index (χ1) is 31.0. The van der Waals surface area contributed by atoms with Crippen molar-refractivity contribution in [2.75, 3.05) is 23.4 Å². The Labute approximate surface area is 376 Å². The zero-order valence-corrected chi connectivity index (χ0v) is 37.6. The van der Waals surface area contributed by atoms with Gasteiger partial charge in [-0.25, -0.2) is 0 Å². The minimum Gasteiger partial charge on any atom is -0.459 e. The normalized spacial score (nSPS) is 18.6. The summed E-state index contributed by atoms with van der Waals surface area (Å²) in [6.45, 7) is 6.04. The lowest BCUT2D eigenvalue weighted by Gasteiger charge is -2.44. The molecule has 4 N–H and O–H groups in total. The maximum atomic E-state index is 14.7. The molecule has 2 amide bonds. The minimum absolute atomic E-state index is 0.0957. The molecule has 8 rings (SSSR count). The Hall–Kier alpha value is -6.14. The van der Waals surface area contributed by atoms with Gasteiger partial charge in [0.2, 0.25) is 11.8 Å². The average molecular weight is 873 g/mol. The van der Waals surface area contributed by atoms with Gasteiger partial charge in [0.15, 0.2) is 0 Å². The van der Waals surface area contributed by atoms with Crippen molar-refractivity contribution in [3.63, 3.8) is 0 Å². The molecule has 0 radical (unpaired) electrons. The van der Waals surface area contributed by atoms with Gasteiger partial charge < -0.3 is 29.5 Å². The molecule has 1 aliphatic heterocycles. The molecule has 5 aromatic carbocycles. The van der Waals surface area contributed by atoms with Gasteiger partial charge in [0, 0.05) is 17.3 Å². The van der Waals surface area contributed by atoms with E-state index in [1.807, 2.05) is 115 Å². The van der Waals surface area contributed by atoms with Gasteiger partial charge in [-0.3, -0.25) is 14.5 Å². The topological polar surface area (TPSA) is 132 Å². The Kier molecular flexibility index (Phi) is 13.4. The molecule has 328 valence electrons. The molecule has 0 unspecified atom stereocenters. The van der Waals surface area contributed by atoms with Crippen molar-refractivity contribution < 1.29 is 33.8 Å². The van der Waals surface area contributed by atoms with Crippen LogP contribution in [0.3, 0.4) is 0 Å². The first-order valence-corrected chi connectivity index (χ1v) is 23.9. The summed E-state index contributed by atoms with van der Waals surface area (Å²) >= 11 is 0. The molecule has 1 fully saturated rings. The lowest BCUT2D eigenvalue weighted by molar-refractivity contribution is -0.123. The van der Waals surface area contributed by atoms with Crippen LogP contribution in [0, 0.1) is 17.8 Å². The van der Waals surface area contributed by atoms with Crippen molar-refractivity contribution in [1.29, 1.82) is 0 Å². The van der Waals surface area contributed by atoms with Gasteiger partial charge in [-0.15, -0.1) is 0 Å². The van der Waals surface area contributed by atoms with Gasteiger partial charge in [0.1, 0.15) is 18.1 Å². The summed E-state index contributed by atoms with van der Waals surface area (Å²) in [4.78, 5) is 30.6. The van der Waals surface area contributed by atoms with Crippen LogP contribution in [0.1, 0.15) is 57.1 Å². The van der Waals surface area contributed by atoms with Crippen LogP contribution in [0.4, 0.5) is 17.1 Å². The van der Waals surface area contributed by atoms with Crippen LogP contribution in [0.5, 0.6) is 0 Å². The largest absolute Gasteiger partial charge is 0.459 e. The molecule has 10 heteroatoms. The van der Waals surface area contributed by atoms with Crippen LogP contribution in [0.15, 0.2) is 173 Å². The third-order valence-electron chi connectivity index (χ3n) is 12.8. The first-order valence-electron chi connectivity index (χ1n) is 22.0. The van der Waals surface area contributed by atoms with Crippen molar-refractivity contribution in [3.05, 3.63) is 186 Å². The zero-order chi connectivity index (χ0) is 44.8. The van der Waals surface area contributed by atoms with E-state index in [1.165, 1.54) is 4.90 Å². The number of nitrogens with zero attached hydrogens (tertiary/aromatic N) is 1. The molecule has 9 nitrogen and oxygen atoms in total. The molecule has 64 heavy (non-hydrogen) atoms. The number of para-hydroxylation sites is 1. The number of benzene rings is 5. The number of aliphatic hydroxyl groups is 3. The maximum absolute atomic E-state index is 14.7. The monoisotopic (exact) mass is 872 g/mol. The number of nitrogens with one attached hydrogen (secondary N) is 1. The van der Waals surface area contributed by atoms with Gasteiger partial charge in [-0.05, 0) is 112 Å². The Balaban J connectivity index is 1.17. The number of imide groups is 1. The van der Waals surface area contributed by atoms with Crippen molar-refractivity contribution in [1.82, 2.24) is 0 Å². The van der Waals surface area contributed by atoms with Gasteiger partial charge in [-0.1, -0.05) is 130 Å². The Morgan fingerprint density at radius 1 is 0.781 bits per heavy atom. The van der Waals surface area contributed by atoms with E-state index in [1.54, 1.807) is 24.3 Å². The van der Waals surface area contributed by atoms with Gasteiger partial charge >= 0.3 is 0 Å². The maximum Gasteiger partial charge on any atom is 0.261 e. The van der Waals surface area contributed by atoms with Gasteiger partial charge in [0.25, 0.3) is 8.32 Å². The Morgan fingerprint density at radius 3 is 1.92 bits per heavy atom. The number of hydrogen-bond acceptors (Lipinski definition) is 8. The summed E-state index contributed by atoms with van der Waals surface area (Å²) in [6, 6.07) is 51.0. The Bertz CT molecular complexity index is 2550. The third-order valence-corrected chi connectivity index (χ3v) is 17.8. The number of rotatable bonds is 16. The third kappa shape index (κ3) is 8.97. The van der Waals surface area contributed by atoms with E-state index in [0.717, 1.165) is 38.5 Å². The highest BCUT2D eigenvalue weighted by Crippen LogP contribution is 2.48. The highest BCUT2D eigenvalue weighted by Gasteiger charge is 2.56. The molecule has 2 aliphatic rings. The van der Waals surface area contributed by atoms with Crippen molar-refractivity contribution in [2.24, 2.45) is 17.8 Å². The lowest BCUT2D eigenvalue weighted by atomic mass is 9.68. The van der Waals surface area contributed by atoms with Crippen LogP contribution in [-0.2, 0) is 20.6 Å². The summed E-state index contributed by atoms with van der Waals surface area (Å²) in [5.41, 5.74) is 5.30. The van der Waals surface area contributed by atoms with E-state index in [9.17, 15) is 24.9 Å². The zero-order valence-electron chi connectivity index (χ0n) is 36.6. The summed E-state index contributed by atoms with van der Waals surface area (Å²) in [5.74, 6) is -2.19. The lowest BCUT2D eigenvalue weighted by Crippen LogP contribution is -2.66. The summed E-state index contributed by atoms with van der Waals surface area (Å²) in [6.07, 6.45) is 1.69. The molecule has 1 aromatic heterocycles. The second kappa shape index (κ2) is 19.3. The number of allylic oxidation sites excluding steroid dienone is 1. The van der Waals surface area contributed by atoms with E-state index >= 15 is 0 Å². The molecule has 4 atom stereocenters.